The summed E-state index contributed by atoms with van der Waals surface area (Å²) in [6, 6.07) is 39.1. The molecule has 3 atom stereocenters. The Morgan fingerprint density at radius 1 is 0.438 bits per heavy atom. The van der Waals surface area contributed by atoms with Gasteiger partial charge < -0.3 is 58.3 Å². The van der Waals surface area contributed by atoms with Gasteiger partial charge in [0.2, 0.25) is 5.41 Å². The lowest BCUT2D eigenvalue weighted by molar-refractivity contribution is -0.288. The van der Waals surface area contributed by atoms with E-state index >= 15 is 0 Å². The minimum absolute atomic E-state index is 0.0163. The van der Waals surface area contributed by atoms with Crippen LogP contribution in [0.15, 0.2) is 146 Å². The number of benzene rings is 6. The summed E-state index contributed by atoms with van der Waals surface area (Å²) in [5.41, 5.74) is -0.946. The monoisotopic (exact) mass is 1250 g/mol. The van der Waals surface area contributed by atoms with E-state index in [9.17, 15) is 46.1 Å². The predicted molar refractivity (Wildman–Crippen MR) is 312 cm³/mol. The van der Waals surface area contributed by atoms with Crippen LogP contribution in [0.4, 0.5) is 35.9 Å². The number of β-amino-alcohol motifs (C(OH)–C–C–N with tert-alkyl or cyclic N) is 2. The van der Waals surface area contributed by atoms with Crippen molar-refractivity contribution in [1.82, 2.24) is 19.6 Å². The second-order valence-corrected chi connectivity index (χ2v) is 22.5. The highest BCUT2D eigenvalue weighted by molar-refractivity contribution is 5.85. The van der Waals surface area contributed by atoms with Crippen molar-refractivity contribution in [2.75, 3.05) is 93.6 Å². The molecular formula is C65H72F6N4O14. The number of urea groups is 2. The van der Waals surface area contributed by atoms with Crippen molar-refractivity contribution in [3.63, 3.8) is 0 Å². The first-order valence-corrected chi connectivity index (χ1v) is 28.7. The summed E-state index contributed by atoms with van der Waals surface area (Å²) in [5.74, 6) is 1.66. The van der Waals surface area contributed by atoms with Crippen LogP contribution in [-0.4, -0.2) is 189 Å². The van der Waals surface area contributed by atoms with Crippen molar-refractivity contribution < 1.29 is 94.3 Å². The normalized spacial score (nSPS) is 20.2. The summed E-state index contributed by atoms with van der Waals surface area (Å²) in [6.07, 6.45) is -11.9. The van der Waals surface area contributed by atoms with E-state index in [0.29, 0.717) is 44.1 Å². The summed E-state index contributed by atoms with van der Waals surface area (Å²) in [5, 5.41) is 36.7. The summed E-state index contributed by atoms with van der Waals surface area (Å²) in [6.45, 7) is 10.8. The van der Waals surface area contributed by atoms with Gasteiger partial charge in [-0.05, 0) is 107 Å². The molecule has 3 unspecified atom stereocenters. The number of rotatable bonds is 24. The van der Waals surface area contributed by atoms with E-state index in [-0.39, 0.29) is 75.6 Å². The molecule has 89 heavy (non-hydrogen) atoms. The van der Waals surface area contributed by atoms with Crippen LogP contribution < -0.4 is 14.2 Å². The van der Waals surface area contributed by atoms with E-state index in [1.165, 1.54) is 61.6 Å². The maximum Gasteiger partial charge on any atom is 0.411 e. The van der Waals surface area contributed by atoms with Crippen molar-refractivity contribution in [3.8, 4) is 28.7 Å². The third kappa shape index (κ3) is 14.4. The standard InChI is InChI=1S/C38H40O6.C15H10F6O2.C12H22N4O6/c1-37(2,27-8-14-31(15-9-27)39-20-34-23-42-34)26-4-6-28(7-5-26)38(3,29-10-16-32(17-11-29)40-21-35-24-43-35)30-12-18-33(19-13-30)41-22-36-25-44-36;16-14(17,18)13(15(19,20)21,9-1-5-11(22)6-2-9)10-3-7-12(23)8-4-10;1-21-7-15-10-9(13(3-5-17)11(15)19)14(4-6-18)12(20)16(10)8-22-2/h4-19,34-36H,20-25H2,1-3H3;1-8,22-23H;9-10,17-18H,3-8H2,1-2H3. The van der Waals surface area contributed by atoms with Gasteiger partial charge in [-0.25, -0.2) is 9.59 Å². The molecule has 18 nitrogen and oxygen atoms in total. The highest BCUT2D eigenvalue weighted by Gasteiger charge is 2.72. The van der Waals surface area contributed by atoms with Gasteiger partial charge in [0.15, 0.2) is 6.17 Å². The molecule has 0 saturated carbocycles. The smallest absolute Gasteiger partial charge is 0.411 e. The van der Waals surface area contributed by atoms with Gasteiger partial charge in [0.05, 0.1) is 33.0 Å². The molecular weight excluding hydrogens is 1170 g/mol. The number of carbonyl (C=O) groups excluding carboxylic acids is 2. The van der Waals surface area contributed by atoms with Crippen LogP contribution >= 0.6 is 0 Å². The van der Waals surface area contributed by atoms with Crippen LogP contribution in [0.5, 0.6) is 28.7 Å². The van der Waals surface area contributed by atoms with Gasteiger partial charge in [0.25, 0.3) is 0 Å². The maximum absolute atomic E-state index is 13.6. The molecule has 11 rings (SSSR count). The highest BCUT2D eigenvalue weighted by Crippen LogP contribution is 2.56. The number of hydrogen-bond acceptors (Lipinski definition) is 14. The van der Waals surface area contributed by atoms with E-state index < -0.39 is 58.1 Å². The van der Waals surface area contributed by atoms with Crippen molar-refractivity contribution in [1.29, 1.82) is 0 Å². The number of hydrogen-bond donors (Lipinski definition) is 4. The Morgan fingerprint density at radius 2 is 0.708 bits per heavy atom. The average molecular weight is 1250 g/mol. The van der Waals surface area contributed by atoms with Gasteiger partial charge >= 0.3 is 24.4 Å². The zero-order chi connectivity index (χ0) is 63.9. The maximum atomic E-state index is 13.6. The fourth-order valence-electron chi connectivity index (χ4n) is 11.1. The number of amides is 4. The number of phenolic OH excluding ortho intramolecular Hbond substituents is 2. The summed E-state index contributed by atoms with van der Waals surface area (Å²) < 4.78 is 125. The number of methoxy groups -OCH3 is 2. The number of aliphatic hydroxyl groups excluding tert-OH is 2. The number of carbonyl (C=O) groups is 2. The van der Waals surface area contributed by atoms with Crippen molar-refractivity contribution in [2.45, 2.75) is 80.0 Å². The molecule has 0 aromatic heterocycles. The fourth-order valence-corrected chi connectivity index (χ4v) is 11.1. The van der Waals surface area contributed by atoms with Gasteiger partial charge in [0, 0.05) is 38.1 Å². The van der Waals surface area contributed by atoms with Gasteiger partial charge in [-0.1, -0.05) is 98.8 Å². The molecule has 6 aromatic carbocycles. The van der Waals surface area contributed by atoms with E-state index in [1.54, 1.807) is 0 Å². The van der Waals surface area contributed by atoms with Crippen molar-refractivity contribution in [3.05, 3.63) is 185 Å². The number of phenols is 2. The first-order valence-electron chi connectivity index (χ1n) is 28.7. The van der Waals surface area contributed by atoms with Gasteiger partial charge in [-0.2, -0.15) is 26.3 Å². The lowest BCUT2D eigenvalue weighted by Gasteiger charge is -2.38. The molecule has 6 aromatic rings. The Morgan fingerprint density at radius 3 is 0.989 bits per heavy atom. The SMILES string of the molecule is CC(C)(c1ccc(OCC2CO2)cc1)c1ccc(C(C)(c2ccc(OCC3CO3)cc2)c2ccc(OCC3CO3)cc2)cc1.COCN1C(=O)N(CCO)C2C1N(COC)C(=O)N2CCO.Oc1ccc(C(c2ccc(O)cc2)(C(F)(F)F)C(F)(F)F)cc1. The second kappa shape index (κ2) is 27.5. The lowest BCUT2D eigenvalue weighted by Crippen LogP contribution is -2.54. The van der Waals surface area contributed by atoms with E-state index in [0.717, 1.165) is 61.3 Å². The lowest BCUT2D eigenvalue weighted by atomic mass is 9.70. The number of nitrogens with zero attached hydrogens (tertiary/aromatic N) is 4. The van der Waals surface area contributed by atoms with Gasteiger partial charge in [-0.3, -0.25) is 19.6 Å². The minimum Gasteiger partial charge on any atom is -0.508 e. The number of aromatic hydroxyl groups is 2. The number of aliphatic hydroxyl groups is 2. The first-order chi connectivity index (χ1) is 42.5. The molecule has 0 bridgehead atoms. The van der Waals surface area contributed by atoms with Crippen LogP contribution in [0.25, 0.3) is 0 Å². The summed E-state index contributed by atoms with van der Waals surface area (Å²) in [7, 11) is 2.92. The fraction of sp³-hybridized carbons (Fsp3) is 0.415. The van der Waals surface area contributed by atoms with Crippen molar-refractivity contribution in [2.24, 2.45) is 0 Å². The molecule has 0 aliphatic carbocycles. The number of epoxide rings is 3. The van der Waals surface area contributed by atoms with Crippen LogP contribution in [0, 0.1) is 0 Å². The topological polar surface area (TPSA) is 212 Å². The van der Waals surface area contributed by atoms with Crippen LogP contribution in [0.1, 0.15) is 59.7 Å². The van der Waals surface area contributed by atoms with E-state index in [2.05, 4.69) is 118 Å². The van der Waals surface area contributed by atoms with Crippen LogP contribution in [0.2, 0.25) is 0 Å². The van der Waals surface area contributed by atoms with E-state index in [1.807, 2.05) is 0 Å². The van der Waals surface area contributed by atoms with Gasteiger partial charge in [-0.15, -0.1) is 0 Å². The second-order valence-electron chi connectivity index (χ2n) is 22.5. The van der Waals surface area contributed by atoms with E-state index in [4.69, 9.17) is 48.1 Å². The molecule has 4 amide bonds. The van der Waals surface area contributed by atoms with Crippen LogP contribution in [-0.2, 0) is 39.9 Å². The molecule has 5 aliphatic rings. The zero-order valence-corrected chi connectivity index (χ0v) is 49.7. The molecule has 5 aliphatic heterocycles. The highest BCUT2D eigenvalue weighted by atomic mass is 19.4. The summed E-state index contributed by atoms with van der Waals surface area (Å²) >= 11 is 0. The average Bonchev–Trinajstić information content (AvgIpc) is 1.35. The Bertz CT molecular complexity index is 3080. The summed E-state index contributed by atoms with van der Waals surface area (Å²) in [4.78, 5) is 30.6. The minimum atomic E-state index is -5.70. The molecule has 0 spiro atoms. The molecule has 5 saturated heterocycles. The third-order valence-electron chi connectivity index (χ3n) is 16.3. The molecule has 5 fully saturated rings. The molecule has 24 heteroatoms. The zero-order valence-electron chi connectivity index (χ0n) is 49.7. The molecule has 478 valence electrons. The Kier molecular flexibility index (Phi) is 20.3. The van der Waals surface area contributed by atoms with Crippen molar-refractivity contribution >= 4 is 12.1 Å². The molecule has 0 radical (unpaired) electrons. The molecule has 5 heterocycles. The number of halogens is 6. The number of ether oxygens (including phenoxy) is 8. The van der Waals surface area contributed by atoms with Crippen LogP contribution in [0.3, 0.4) is 0 Å². The molecule has 4 N–H and O–H groups in total. The quantitative estimate of drug-likeness (QED) is 0.0253. The number of alkyl halides is 6. The Hall–Kier alpha value is -7.84. The number of fused-ring (bicyclic) bond motifs is 1. The predicted octanol–water partition coefficient (Wildman–Crippen LogP) is 9.51. The third-order valence-corrected chi connectivity index (χ3v) is 16.3. The van der Waals surface area contributed by atoms with Gasteiger partial charge in [0.1, 0.15) is 86.5 Å². The first kappa shape index (κ1) is 65.6. The Balaban J connectivity index is 0.000000176. The largest absolute Gasteiger partial charge is 0.508 e. The Labute approximate surface area is 511 Å².